The van der Waals surface area contributed by atoms with Crippen LogP contribution in [-0.2, 0) is 29.0 Å². The van der Waals surface area contributed by atoms with Crippen molar-refractivity contribution in [3.05, 3.63) is 29.1 Å². The number of alkyl halides is 3. The number of nitrogens with one attached hydrogen (secondary N) is 1. The summed E-state index contributed by atoms with van der Waals surface area (Å²) < 4.78 is 49.0. The van der Waals surface area contributed by atoms with Crippen molar-refractivity contribution in [3.63, 3.8) is 0 Å². The summed E-state index contributed by atoms with van der Waals surface area (Å²) in [4.78, 5) is 26.6. The number of hydrogen-bond donors (Lipinski definition) is 1. The summed E-state index contributed by atoms with van der Waals surface area (Å²) in [7, 11) is 0. The van der Waals surface area contributed by atoms with Gasteiger partial charge in [-0.15, -0.1) is 0 Å². The number of aromatic nitrogens is 2. The number of carbonyl (C=O) groups excluding carboxylic acids is 2. The summed E-state index contributed by atoms with van der Waals surface area (Å²) in [5.74, 6) is -0.613. The average Bonchev–Trinajstić information content (AvgIpc) is 2.96. The SMILES string of the molecule is C=C(CNCC(F)(F)F)Cn1nc2c(c1C(=O)OCC)CN(C(=O)OC(C)(C)C)CC2. The molecule has 0 saturated carbocycles. The Labute approximate surface area is 179 Å². The highest BCUT2D eigenvalue weighted by molar-refractivity contribution is 5.90. The molecule has 0 spiro atoms. The van der Waals surface area contributed by atoms with Crippen LogP contribution in [0.3, 0.4) is 0 Å². The molecule has 0 saturated heterocycles. The van der Waals surface area contributed by atoms with E-state index in [1.54, 1.807) is 27.7 Å². The molecule has 1 aromatic rings. The van der Waals surface area contributed by atoms with Gasteiger partial charge in [0.25, 0.3) is 0 Å². The van der Waals surface area contributed by atoms with Crippen molar-refractivity contribution in [2.45, 2.75) is 59.0 Å². The molecule has 1 aliphatic rings. The largest absolute Gasteiger partial charge is 0.461 e. The molecule has 0 aliphatic carbocycles. The zero-order valence-electron chi connectivity index (χ0n) is 18.3. The normalized spacial score (nSPS) is 14.2. The van der Waals surface area contributed by atoms with E-state index in [1.807, 2.05) is 0 Å². The summed E-state index contributed by atoms with van der Waals surface area (Å²) in [6.07, 6.45) is -4.42. The van der Waals surface area contributed by atoms with E-state index < -0.39 is 30.4 Å². The number of rotatable bonds is 7. The number of hydrogen-bond acceptors (Lipinski definition) is 6. The number of nitrogens with zero attached hydrogens (tertiary/aromatic N) is 3. The predicted molar refractivity (Wildman–Crippen MR) is 107 cm³/mol. The van der Waals surface area contributed by atoms with Crippen LogP contribution in [0.1, 0.15) is 49.4 Å². The molecule has 1 aromatic heterocycles. The third kappa shape index (κ3) is 7.27. The first-order valence-corrected chi connectivity index (χ1v) is 9.98. The van der Waals surface area contributed by atoms with Crippen molar-refractivity contribution in [3.8, 4) is 0 Å². The van der Waals surface area contributed by atoms with Gasteiger partial charge in [0, 0.05) is 25.1 Å². The summed E-state index contributed by atoms with van der Waals surface area (Å²) in [5, 5.41) is 6.72. The van der Waals surface area contributed by atoms with Crippen LogP contribution in [0.25, 0.3) is 0 Å². The first-order chi connectivity index (χ1) is 14.3. The lowest BCUT2D eigenvalue weighted by molar-refractivity contribution is -0.124. The van der Waals surface area contributed by atoms with Gasteiger partial charge >= 0.3 is 18.2 Å². The Balaban J connectivity index is 2.21. The average molecular weight is 446 g/mol. The molecule has 0 bridgehead atoms. The minimum atomic E-state index is -4.33. The molecule has 174 valence electrons. The Hall–Kier alpha value is -2.56. The second-order valence-corrected chi connectivity index (χ2v) is 8.27. The van der Waals surface area contributed by atoms with Gasteiger partial charge in [0.15, 0.2) is 5.69 Å². The Kier molecular flexibility index (Phi) is 7.74. The van der Waals surface area contributed by atoms with Gasteiger partial charge in [0.2, 0.25) is 0 Å². The molecule has 31 heavy (non-hydrogen) atoms. The van der Waals surface area contributed by atoms with Crippen molar-refractivity contribution in [2.75, 3.05) is 26.2 Å². The maximum atomic E-state index is 12.6. The Morgan fingerprint density at radius 2 is 1.94 bits per heavy atom. The zero-order chi connectivity index (χ0) is 23.4. The first-order valence-electron chi connectivity index (χ1n) is 9.98. The van der Waals surface area contributed by atoms with Gasteiger partial charge in [0.1, 0.15) is 5.60 Å². The second kappa shape index (κ2) is 9.71. The van der Waals surface area contributed by atoms with E-state index in [-0.39, 0.29) is 31.9 Å². The van der Waals surface area contributed by atoms with Gasteiger partial charge in [-0.3, -0.25) is 4.68 Å². The summed E-state index contributed by atoms with van der Waals surface area (Å²) in [6.45, 7) is 10.2. The predicted octanol–water partition coefficient (Wildman–Crippen LogP) is 3.06. The first kappa shape index (κ1) is 24.7. The molecule has 0 aromatic carbocycles. The standard InChI is InChI=1S/C20H29F3N4O4/c1-6-30-17(28)16-14-11-26(18(29)31-19(3,4)5)8-7-15(14)25-27(16)10-13(2)9-24-12-20(21,22)23/h24H,2,6-12H2,1,3-5H3. The molecule has 0 fully saturated rings. The van der Waals surface area contributed by atoms with Crippen molar-refractivity contribution in [2.24, 2.45) is 0 Å². The van der Waals surface area contributed by atoms with Crippen molar-refractivity contribution in [1.29, 1.82) is 0 Å². The number of fused-ring (bicyclic) bond motifs is 1. The molecule has 1 aliphatic heterocycles. The summed E-state index contributed by atoms with van der Waals surface area (Å²) in [5.41, 5.74) is 1.11. The number of ether oxygens (including phenoxy) is 2. The van der Waals surface area contributed by atoms with Crippen LogP contribution in [0.4, 0.5) is 18.0 Å². The fourth-order valence-electron chi connectivity index (χ4n) is 3.10. The van der Waals surface area contributed by atoms with E-state index in [1.165, 1.54) is 9.58 Å². The number of esters is 1. The maximum Gasteiger partial charge on any atom is 0.410 e. The molecule has 0 atom stereocenters. The van der Waals surface area contributed by atoms with Crippen LogP contribution < -0.4 is 5.32 Å². The van der Waals surface area contributed by atoms with Crippen LogP contribution in [0, 0.1) is 0 Å². The van der Waals surface area contributed by atoms with Gasteiger partial charge in [-0.2, -0.15) is 18.3 Å². The van der Waals surface area contributed by atoms with Crippen LogP contribution >= 0.6 is 0 Å². The molecule has 8 nitrogen and oxygen atoms in total. The molecular weight excluding hydrogens is 417 g/mol. The van der Waals surface area contributed by atoms with E-state index in [9.17, 15) is 22.8 Å². The van der Waals surface area contributed by atoms with E-state index >= 15 is 0 Å². The summed E-state index contributed by atoms with van der Waals surface area (Å²) in [6, 6.07) is 0. The molecular formula is C20H29F3N4O4. The maximum absolute atomic E-state index is 12.6. The van der Waals surface area contributed by atoms with E-state index in [4.69, 9.17) is 9.47 Å². The van der Waals surface area contributed by atoms with Gasteiger partial charge in [-0.25, -0.2) is 9.59 Å². The summed E-state index contributed by atoms with van der Waals surface area (Å²) >= 11 is 0. The lowest BCUT2D eigenvalue weighted by atomic mass is 10.1. The molecule has 2 rings (SSSR count). The minimum absolute atomic E-state index is 0.0401. The van der Waals surface area contributed by atoms with Crippen molar-refractivity contribution >= 4 is 12.1 Å². The molecule has 1 N–H and O–H groups in total. The monoisotopic (exact) mass is 446 g/mol. The smallest absolute Gasteiger partial charge is 0.410 e. The fourth-order valence-corrected chi connectivity index (χ4v) is 3.10. The Morgan fingerprint density at radius 3 is 2.52 bits per heavy atom. The fraction of sp³-hybridized carbons (Fsp3) is 0.650. The molecule has 0 radical (unpaired) electrons. The highest BCUT2D eigenvalue weighted by Gasteiger charge is 2.33. The zero-order valence-corrected chi connectivity index (χ0v) is 18.3. The topological polar surface area (TPSA) is 85.7 Å². The quantitative estimate of drug-likeness (QED) is 0.512. The lowest BCUT2D eigenvalue weighted by Crippen LogP contribution is -2.40. The highest BCUT2D eigenvalue weighted by atomic mass is 19.4. The lowest BCUT2D eigenvalue weighted by Gasteiger charge is -2.29. The van der Waals surface area contributed by atoms with E-state index in [0.29, 0.717) is 29.8 Å². The number of halogens is 3. The van der Waals surface area contributed by atoms with Gasteiger partial charge in [-0.1, -0.05) is 6.58 Å². The van der Waals surface area contributed by atoms with Gasteiger partial charge < -0.3 is 19.7 Å². The highest BCUT2D eigenvalue weighted by Crippen LogP contribution is 2.25. The molecule has 2 heterocycles. The molecule has 0 unspecified atom stereocenters. The second-order valence-electron chi connectivity index (χ2n) is 8.27. The van der Waals surface area contributed by atoms with Crippen molar-refractivity contribution < 1.29 is 32.2 Å². The Morgan fingerprint density at radius 1 is 1.26 bits per heavy atom. The van der Waals surface area contributed by atoms with Gasteiger partial charge in [-0.05, 0) is 33.3 Å². The van der Waals surface area contributed by atoms with Crippen LogP contribution in [0.5, 0.6) is 0 Å². The number of carbonyl (C=O) groups is 2. The van der Waals surface area contributed by atoms with Crippen LogP contribution in [0.15, 0.2) is 12.2 Å². The molecule has 1 amide bonds. The van der Waals surface area contributed by atoms with Crippen molar-refractivity contribution in [1.82, 2.24) is 20.0 Å². The third-order valence-electron chi connectivity index (χ3n) is 4.30. The van der Waals surface area contributed by atoms with E-state index in [2.05, 4.69) is 17.0 Å². The van der Waals surface area contributed by atoms with Crippen LogP contribution in [-0.4, -0.2) is 64.8 Å². The Bertz CT molecular complexity index is 828. The van der Waals surface area contributed by atoms with Gasteiger partial charge in [0.05, 0.1) is 31.9 Å². The minimum Gasteiger partial charge on any atom is -0.461 e. The van der Waals surface area contributed by atoms with E-state index in [0.717, 1.165) is 0 Å². The third-order valence-corrected chi connectivity index (χ3v) is 4.30. The molecule has 11 heteroatoms. The number of amides is 1. The van der Waals surface area contributed by atoms with Crippen LogP contribution in [0.2, 0.25) is 0 Å².